The minimum atomic E-state index is -0.981. The van der Waals surface area contributed by atoms with Crippen LogP contribution < -0.4 is 11.5 Å². The summed E-state index contributed by atoms with van der Waals surface area (Å²) in [6.07, 6.45) is 2.33. The van der Waals surface area contributed by atoms with Crippen molar-refractivity contribution >= 4 is 23.9 Å². The zero-order chi connectivity index (χ0) is 20.0. The Balaban J connectivity index is -0.0000000589. The van der Waals surface area contributed by atoms with Gasteiger partial charge in [0.25, 0.3) is 0 Å². The number of aliphatic hydroxyl groups excluding tert-OH is 1. The van der Waals surface area contributed by atoms with E-state index < -0.39 is 23.9 Å². The van der Waals surface area contributed by atoms with E-state index in [2.05, 4.69) is 31.2 Å². The third-order valence-electron chi connectivity index (χ3n) is 0.524. The Morgan fingerprint density at radius 2 is 0.826 bits per heavy atom. The first kappa shape index (κ1) is 32.0. The maximum atomic E-state index is 9.25. The lowest BCUT2D eigenvalue weighted by Gasteiger charge is -1.80. The van der Waals surface area contributed by atoms with Crippen LogP contribution in [0.2, 0.25) is 0 Å². The Bertz CT molecular complexity index is 329. The van der Waals surface area contributed by atoms with E-state index in [-0.39, 0.29) is 6.10 Å². The molecule has 2 amide bonds. The number of urea groups is 1. The first-order valence-corrected chi connectivity index (χ1v) is 5.57. The van der Waals surface area contributed by atoms with Gasteiger partial charge in [0, 0.05) is 24.3 Å². The maximum absolute atomic E-state index is 9.25. The average Bonchev–Trinajstić information content (AvgIpc) is 2.38. The zero-order valence-corrected chi connectivity index (χ0v) is 13.0. The van der Waals surface area contributed by atoms with Gasteiger partial charge in [0.05, 0.1) is 0 Å². The smallest absolute Gasteiger partial charge is 0.327 e. The van der Waals surface area contributed by atoms with Gasteiger partial charge in [-0.05, 0) is 13.8 Å². The van der Waals surface area contributed by atoms with Crippen LogP contribution in [0.15, 0.2) is 38.0 Å². The molecule has 0 fully saturated rings. The van der Waals surface area contributed by atoms with Crippen LogP contribution >= 0.6 is 0 Å². The number of aliphatic hydroxyl groups is 1. The molecule has 0 unspecified atom stereocenters. The van der Waals surface area contributed by atoms with Gasteiger partial charge >= 0.3 is 23.9 Å². The summed E-state index contributed by atoms with van der Waals surface area (Å²) in [6.45, 7) is 12.3. The summed E-state index contributed by atoms with van der Waals surface area (Å²) in [5.41, 5.74) is 8.50. The van der Waals surface area contributed by atoms with Gasteiger partial charge in [0.1, 0.15) is 0 Å². The second-order valence-electron chi connectivity index (χ2n) is 3.12. The number of aliphatic carboxylic acids is 3. The summed E-state index contributed by atoms with van der Waals surface area (Å²) in [6, 6.07) is -0.833. The highest BCUT2D eigenvalue weighted by Crippen LogP contribution is 1.65. The third-order valence-corrected chi connectivity index (χ3v) is 0.524. The molecule has 0 aliphatic carbocycles. The van der Waals surface area contributed by atoms with Crippen LogP contribution in [0.1, 0.15) is 13.8 Å². The molecule has 0 aliphatic heterocycles. The van der Waals surface area contributed by atoms with E-state index >= 15 is 0 Å². The van der Waals surface area contributed by atoms with Crippen LogP contribution in [0.3, 0.4) is 0 Å². The summed E-state index contributed by atoms with van der Waals surface area (Å²) in [4.78, 5) is 36.8. The van der Waals surface area contributed by atoms with Crippen LogP contribution in [0.4, 0.5) is 4.79 Å². The van der Waals surface area contributed by atoms with Crippen molar-refractivity contribution in [3.8, 4) is 0 Å². The molecule has 0 aromatic rings. The topological polar surface area (TPSA) is 201 Å². The van der Waals surface area contributed by atoms with E-state index in [9.17, 15) is 14.4 Å². The second-order valence-corrected chi connectivity index (χ2v) is 3.12. The predicted octanol–water partition coefficient (Wildman–Crippen LogP) is 0.182. The van der Waals surface area contributed by atoms with Crippen molar-refractivity contribution in [2.75, 3.05) is 0 Å². The van der Waals surface area contributed by atoms with Crippen molar-refractivity contribution in [3.63, 3.8) is 0 Å². The quantitative estimate of drug-likeness (QED) is 0.391. The summed E-state index contributed by atoms with van der Waals surface area (Å²) in [5, 5.41) is 30.9. The second kappa shape index (κ2) is 27.2. The number of carboxylic acids is 3. The Morgan fingerprint density at radius 1 is 0.783 bits per heavy atom. The third kappa shape index (κ3) is 655. The number of hydrogen-bond donors (Lipinski definition) is 6. The average molecular weight is 336 g/mol. The van der Waals surface area contributed by atoms with E-state index in [1.165, 1.54) is 0 Å². The van der Waals surface area contributed by atoms with Crippen LogP contribution in [-0.2, 0) is 14.4 Å². The Morgan fingerprint density at radius 3 is 0.826 bits per heavy atom. The zero-order valence-electron chi connectivity index (χ0n) is 13.0. The number of hydrogen-bond acceptors (Lipinski definition) is 5. The van der Waals surface area contributed by atoms with Crippen LogP contribution in [0.25, 0.3) is 0 Å². The monoisotopic (exact) mass is 336 g/mol. The highest BCUT2D eigenvalue weighted by atomic mass is 16.4. The molecule has 23 heavy (non-hydrogen) atoms. The highest BCUT2D eigenvalue weighted by molar-refractivity contribution is 5.79. The Labute approximate surface area is 134 Å². The van der Waals surface area contributed by atoms with E-state index in [0.717, 1.165) is 18.2 Å². The summed E-state index contributed by atoms with van der Waals surface area (Å²) in [5.74, 6) is -2.94. The molecule has 0 saturated heterocycles. The fourth-order valence-electron chi connectivity index (χ4n) is 0. The van der Waals surface area contributed by atoms with Crippen molar-refractivity contribution in [2.24, 2.45) is 11.5 Å². The number of primary amides is 2. The Hall–Kier alpha value is -3.14. The molecule has 0 atom stereocenters. The Kier molecular flexibility index (Phi) is 37.9. The predicted molar refractivity (Wildman–Crippen MR) is 84.6 cm³/mol. The maximum Gasteiger partial charge on any atom is 0.327 e. The highest BCUT2D eigenvalue weighted by Gasteiger charge is 1.74. The van der Waals surface area contributed by atoms with Crippen molar-refractivity contribution in [2.45, 2.75) is 20.0 Å². The van der Waals surface area contributed by atoms with Gasteiger partial charge in [0.15, 0.2) is 0 Å². The molecule has 0 aliphatic rings. The fraction of sp³-hybridized carbons (Fsp3) is 0.231. The van der Waals surface area contributed by atoms with Crippen molar-refractivity contribution in [1.82, 2.24) is 0 Å². The van der Waals surface area contributed by atoms with Gasteiger partial charge in [-0.2, -0.15) is 0 Å². The van der Waals surface area contributed by atoms with Crippen LogP contribution in [0, 0.1) is 0 Å². The first-order valence-electron chi connectivity index (χ1n) is 5.57. The number of rotatable bonds is 3. The van der Waals surface area contributed by atoms with Gasteiger partial charge in [-0.25, -0.2) is 19.2 Å². The molecule has 0 bridgehead atoms. The van der Waals surface area contributed by atoms with E-state index in [1.54, 1.807) is 13.8 Å². The minimum Gasteiger partial charge on any atom is -0.478 e. The molecular weight excluding hydrogens is 312 g/mol. The molecule has 0 aromatic carbocycles. The van der Waals surface area contributed by atoms with Crippen molar-refractivity contribution in [3.05, 3.63) is 38.0 Å². The minimum absolute atomic E-state index is 0.167. The first-order chi connectivity index (χ1) is 10.3. The lowest BCUT2D eigenvalue weighted by molar-refractivity contribution is -0.132. The molecule has 8 N–H and O–H groups in total. The van der Waals surface area contributed by atoms with Crippen molar-refractivity contribution in [1.29, 1.82) is 0 Å². The number of amides is 2. The van der Waals surface area contributed by atoms with Crippen LogP contribution in [-0.4, -0.2) is 50.5 Å². The largest absolute Gasteiger partial charge is 0.478 e. The summed E-state index contributed by atoms with van der Waals surface area (Å²) >= 11 is 0. The molecule has 0 heterocycles. The number of carbonyl (C=O) groups excluding carboxylic acids is 1. The lowest BCUT2D eigenvalue weighted by Crippen LogP contribution is -2.18. The molecule has 10 nitrogen and oxygen atoms in total. The van der Waals surface area contributed by atoms with Crippen molar-refractivity contribution < 1.29 is 39.6 Å². The van der Waals surface area contributed by atoms with E-state index in [1.807, 2.05) is 0 Å². The molecular formula is C13H24N2O8. The molecule has 0 rings (SSSR count). The molecule has 0 aromatic heterocycles. The van der Waals surface area contributed by atoms with Crippen LogP contribution in [0.5, 0.6) is 0 Å². The summed E-state index contributed by atoms with van der Waals surface area (Å²) in [7, 11) is 0. The molecule has 0 radical (unpaired) electrons. The normalized spacial score (nSPS) is 6.78. The van der Waals surface area contributed by atoms with Gasteiger partial charge in [0.2, 0.25) is 0 Å². The number of nitrogens with two attached hydrogens (primary N) is 2. The van der Waals surface area contributed by atoms with E-state index in [0.29, 0.717) is 0 Å². The molecule has 10 heteroatoms. The standard InChI is InChI=1S/3C3H4O2.C3H8O.CH4N2O/c3*1-2-3(4)5;1-3(2)4;2-1(3)4/h3*2H,1H2,(H,4,5);3-4H,1-2H3;(H4,2,3,4). The molecule has 0 saturated carbocycles. The van der Waals surface area contributed by atoms with Gasteiger partial charge in [-0.1, -0.05) is 19.7 Å². The summed E-state index contributed by atoms with van der Waals surface area (Å²) < 4.78 is 0. The lowest BCUT2D eigenvalue weighted by atomic mass is 10.5. The van der Waals surface area contributed by atoms with E-state index in [4.69, 9.17) is 25.2 Å². The molecule has 134 valence electrons. The van der Waals surface area contributed by atoms with Gasteiger partial charge in [-0.3, -0.25) is 0 Å². The fourth-order valence-corrected chi connectivity index (χ4v) is 0. The van der Waals surface area contributed by atoms with Gasteiger partial charge < -0.3 is 31.9 Å². The molecule has 0 spiro atoms. The number of carboxylic acid groups (broad SMARTS) is 3. The van der Waals surface area contributed by atoms with Gasteiger partial charge in [-0.15, -0.1) is 0 Å². The number of carbonyl (C=O) groups is 4. The SMILES string of the molecule is C=CC(=O)O.C=CC(=O)O.C=CC(=O)O.CC(C)O.NC(N)=O.